The van der Waals surface area contributed by atoms with Gasteiger partial charge >= 0.3 is 0 Å². The van der Waals surface area contributed by atoms with E-state index < -0.39 is 49.2 Å². The zero-order chi connectivity index (χ0) is 36.8. The predicted octanol–water partition coefficient (Wildman–Crippen LogP) is 7.32. The van der Waals surface area contributed by atoms with Gasteiger partial charge in [0.05, 0.1) is 6.04 Å². The Hall–Kier alpha value is -4.11. The van der Waals surface area contributed by atoms with Crippen LogP contribution >= 0.6 is 7.37 Å². The molecule has 1 saturated heterocycles. The molecular weight excluding hydrogens is 663 g/mol. The van der Waals surface area contributed by atoms with Crippen molar-refractivity contribution in [1.29, 1.82) is 0 Å². The lowest BCUT2D eigenvalue weighted by molar-refractivity contribution is -0.138. The molecule has 4 amide bonds. The van der Waals surface area contributed by atoms with Gasteiger partial charge in [-0.3, -0.25) is 28.6 Å². The van der Waals surface area contributed by atoms with Crippen LogP contribution in [0.2, 0.25) is 0 Å². The number of imide groups is 1. The van der Waals surface area contributed by atoms with Crippen LogP contribution in [0.5, 0.6) is 0 Å². The van der Waals surface area contributed by atoms with E-state index in [2.05, 4.69) is 10.6 Å². The van der Waals surface area contributed by atoms with Crippen molar-refractivity contribution in [3.05, 3.63) is 102 Å². The second-order valence-corrected chi connectivity index (χ2v) is 16.2. The highest BCUT2D eigenvalue weighted by atomic mass is 31.2. The number of nitrogens with one attached hydrogen (secondary N) is 2. The molecule has 1 heterocycles. The van der Waals surface area contributed by atoms with Gasteiger partial charge in [0.25, 0.3) is 5.91 Å². The van der Waals surface area contributed by atoms with Gasteiger partial charge < -0.3 is 20.1 Å². The third-order valence-corrected chi connectivity index (χ3v) is 11.9. The minimum absolute atomic E-state index is 0.00399. The van der Waals surface area contributed by atoms with Gasteiger partial charge in [-0.05, 0) is 80.8 Å². The highest BCUT2D eigenvalue weighted by molar-refractivity contribution is 7.59. The number of para-hydroxylation sites is 1. The maximum absolute atomic E-state index is 15.4. The Morgan fingerprint density at radius 1 is 0.941 bits per heavy atom. The summed E-state index contributed by atoms with van der Waals surface area (Å²) in [6.07, 6.45) is 3.08. The molecule has 274 valence electrons. The second-order valence-electron chi connectivity index (χ2n) is 13.6. The van der Waals surface area contributed by atoms with Crippen LogP contribution in [0.1, 0.15) is 81.6 Å². The average Bonchev–Trinajstić information content (AvgIpc) is 3.69. The molecule has 3 aromatic carbocycles. The fourth-order valence-electron chi connectivity index (χ4n) is 6.56. The summed E-state index contributed by atoms with van der Waals surface area (Å²) < 4.78 is 21.3. The molecule has 3 aromatic rings. The van der Waals surface area contributed by atoms with Crippen molar-refractivity contribution in [3.8, 4) is 0 Å². The highest BCUT2D eigenvalue weighted by Crippen LogP contribution is 2.55. The molecule has 0 spiro atoms. The summed E-state index contributed by atoms with van der Waals surface area (Å²) in [7, 11) is -2.79. The minimum Gasteiger partial charge on any atom is -0.329 e. The van der Waals surface area contributed by atoms with E-state index in [1.54, 1.807) is 42.5 Å². The Labute approximate surface area is 302 Å². The first-order chi connectivity index (χ1) is 24.6. The van der Waals surface area contributed by atoms with E-state index >= 15 is 4.57 Å². The van der Waals surface area contributed by atoms with Gasteiger partial charge in [-0.2, -0.15) is 0 Å². The van der Waals surface area contributed by atoms with E-state index in [9.17, 15) is 19.2 Å². The fourth-order valence-corrected chi connectivity index (χ4v) is 9.11. The molecule has 4 atom stereocenters. The molecular formula is C40H53N4O6P. The van der Waals surface area contributed by atoms with E-state index in [1.807, 2.05) is 69.3 Å². The number of carbonyl (C=O) groups excluding carboxylic acids is 4. The Morgan fingerprint density at radius 2 is 1.57 bits per heavy atom. The SMILES string of the molecule is CCC[C@H](N(C(=O)c1ccccc1)C(=O)[C@@H]1CCCN1)[P@](=O)(CN(C(=O)CCCc1ccccc1)[C@@H](CC(C)C)C(=O)Nc1ccccc1)OC. The number of nitrogens with zero attached hydrogens (tertiary/aromatic N) is 2. The number of amides is 4. The molecule has 11 heteroatoms. The van der Waals surface area contributed by atoms with Crippen molar-refractivity contribution in [2.45, 2.75) is 90.0 Å². The number of rotatable bonds is 18. The lowest BCUT2D eigenvalue weighted by atomic mass is 10.0. The van der Waals surface area contributed by atoms with Crippen LogP contribution < -0.4 is 10.6 Å². The van der Waals surface area contributed by atoms with Crippen LogP contribution in [0.15, 0.2) is 91.0 Å². The zero-order valence-electron chi connectivity index (χ0n) is 30.3. The van der Waals surface area contributed by atoms with Gasteiger partial charge in [0, 0.05) is 24.8 Å². The van der Waals surface area contributed by atoms with Gasteiger partial charge in [-0.25, -0.2) is 0 Å². The number of benzene rings is 3. The van der Waals surface area contributed by atoms with Gasteiger partial charge in [0.2, 0.25) is 25.1 Å². The van der Waals surface area contributed by atoms with Crippen molar-refractivity contribution < 1.29 is 28.3 Å². The van der Waals surface area contributed by atoms with E-state index in [0.29, 0.717) is 44.3 Å². The Morgan fingerprint density at radius 3 is 2.14 bits per heavy atom. The predicted molar refractivity (Wildman–Crippen MR) is 201 cm³/mol. The maximum Gasteiger partial charge on any atom is 0.261 e. The number of anilines is 1. The standard InChI is InChI=1S/C40H53N4O6P/c1-5-17-37(44(40(48)34-25-16-27-41-34)39(47)32-21-11-7-12-22-32)51(49,50-4)29-43(36(45)26-15-20-31-18-9-6-10-19-31)35(28-30(2)3)38(46)42-33-23-13-8-14-24-33/h6-14,18-19,21-24,30,34-35,37,41H,5,15-17,20,25-29H2,1-4H3,(H,42,46)/t34-,35-,37+,51-/m0/s1. The van der Waals surface area contributed by atoms with Crippen LogP contribution in [0.3, 0.4) is 0 Å². The molecule has 0 saturated carbocycles. The number of hydrogen-bond acceptors (Lipinski definition) is 7. The van der Waals surface area contributed by atoms with Crippen molar-refractivity contribution in [2.24, 2.45) is 5.92 Å². The third-order valence-electron chi connectivity index (χ3n) is 9.23. The Balaban J connectivity index is 1.76. The largest absolute Gasteiger partial charge is 0.329 e. The van der Waals surface area contributed by atoms with Crippen LogP contribution in [0.25, 0.3) is 0 Å². The molecule has 0 bridgehead atoms. The summed E-state index contributed by atoms with van der Waals surface area (Å²) in [5.41, 5.74) is 1.93. The highest BCUT2D eigenvalue weighted by Gasteiger charge is 2.47. The smallest absolute Gasteiger partial charge is 0.261 e. The first-order valence-electron chi connectivity index (χ1n) is 18.1. The van der Waals surface area contributed by atoms with Gasteiger partial charge in [-0.15, -0.1) is 0 Å². The lowest BCUT2D eigenvalue weighted by Gasteiger charge is -2.40. The molecule has 10 nitrogen and oxygen atoms in total. The van der Waals surface area contributed by atoms with Gasteiger partial charge in [-0.1, -0.05) is 93.9 Å². The van der Waals surface area contributed by atoms with E-state index in [-0.39, 0.29) is 30.2 Å². The van der Waals surface area contributed by atoms with Crippen LogP contribution in [0, 0.1) is 5.92 Å². The zero-order valence-corrected chi connectivity index (χ0v) is 31.2. The first-order valence-corrected chi connectivity index (χ1v) is 20.0. The Bertz CT molecular complexity index is 1620. The average molecular weight is 717 g/mol. The molecule has 0 unspecified atom stereocenters. The fraction of sp³-hybridized carbons (Fsp3) is 0.450. The molecule has 1 aliphatic rings. The molecule has 2 N–H and O–H groups in total. The second kappa shape index (κ2) is 19.5. The van der Waals surface area contributed by atoms with Gasteiger partial charge in [0.15, 0.2) is 0 Å². The molecule has 0 radical (unpaired) electrons. The normalized spacial score (nSPS) is 16.5. The quantitative estimate of drug-likeness (QED) is 0.104. The third kappa shape index (κ3) is 10.9. The van der Waals surface area contributed by atoms with Crippen molar-refractivity contribution in [3.63, 3.8) is 0 Å². The summed E-state index contributed by atoms with van der Waals surface area (Å²) in [5, 5.41) is 6.14. The topological polar surface area (TPSA) is 125 Å². The number of carbonyl (C=O) groups is 4. The summed E-state index contributed by atoms with van der Waals surface area (Å²) in [6, 6.07) is 25.7. The minimum atomic E-state index is -4.09. The van der Waals surface area contributed by atoms with Crippen LogP contribution in [0.4, 0.5) is 5.69 Å². The summed E-state index contributed by atoms with van der Waals surface area (Å²) in [5.74, 6) is -2.99. The number of aryl methyl sites for hydroxylation is 1. The summed E-state index contributed by atoms with van der Waals surface area (Å²) >= 11 is 0. The molecule has 4 rings (SSSR count). The van der Waals surface area contributed by atoms with Crippen molar-refractivity contribution in [1.82, 2.24) is 15.1 Å². The van der Waals surface area contributed by atoms with Crippen LogP contribution in [-0.2, 0) is 29.9 Å². The lowest BCUT2D eigenvalue weighted by Crippen LogP contribution is -2.53. The molecule has 1 aliphatic heterocycles. The summed E-state index contributed by atoms with van der Waals surface area (Å²) in [4.78, 5) is 59.5. The molecule has 51 heavy (non-hydrogen) atoms. The van der Waals surface area contributed by atoms with E-state index in [0.717, 1.165) is 16.9 Å². The van der Waals surface area contributed by atoms with Crippen molar-refractivity contribution >= 4 is 36.7 Å². The monoisotopic (exact) mass is 716 g/mol. The molecule has 0 aliphatic carbocycles. The van der Waals surface area contributed by atoms with E-state index in [4.69, 9.17) is 4.52 Å². The Kier molecular flexibility index (Phi) is 15.2. The number of hydrogen-bond donors (Lipinski definition) is 2. The molecule has 0 aromatic heterocycles. The van der Waals surface area contributed by atoms with Crippen LogP contribution in [-0.4, -0.2) is 71.2 Å². The van der Waals surface area contributed by atoms with Gasteiger partial charge in [0.1, 0.15) is 18.1 Å². The maximum atomic E-state index is 15.4. The summed E-state index contributed by atoms with van der Waals surface area (Å²) in [6.45, 7) is 6.44. The first kappa shape index (κ1) is 39.7. The van der Waals surface area contributed by atoms with Crippen molar-refractivity contribution in [2.75, 3.05) is 25.3 Å². The molecule has 1 fully saturated rings. The van der Waals surface area contributed by atoms with E-state index in [1.165, 1.54) is 12.0 Å².